The van der Waals surface area contributed by atoms with E-state index in [1.807, 2.05) is 38.2 Å². The first-order valence-corrected chi connectivity index (χ1v) is 11.7. The van der Waals surface area contributed by atoms with Crippen LogP contribution in [0.4, 0.5) is 5.82 Å². The molecule has 4 aromatic rings. The van der Waals surface area contributed by atoms with Crippen molar-refractivity contribution < 1.29 is 5.11 Å². The van der Waals surface area contributed by atoms with Crippen LogP contribution in [0.2, 0.25) is 0 Å². The van der Waals surface area contributed by atoms with Crippen LogP contribution in [0.3, 0.4) is 0 Å². The molecule has 0 aliphatic carbocycles. The molecule has 0 bridgehead atoms. The van der Waals surface area contributed by atoms with E-state index in [-0.39, 0.29) is 0 Å². The fourth-order valence-electron chi connectivity index (χ4n) is 4.59. The molecule has 1 N–H and O–H groups in total. The lowest BCUT2D eigenvalue weighted by atomic mass is 9.99. The van der Waals surface area contributed by atoms with Gasteiger partial charge in [-0.3, -0.25) is 9.88 Å². The van der Waals surface area contributed by atoms with E-state index in [4.69, 9.17) is 4.98 Å². The Kier molecular flexibility index (Phi) is 5.97. The van der Waals surface area contributed by atoms with Crippen molar-refractivity contribution in [1.29, 1.82) is 0 Å². The molecule has 0 unspecified atom stereocenters. The number of fused-ring (bicyclic) bond motifs is 1. The Hall–Kier alpha value is -3.44. The third-order valence-corrected chi connectivity index (χ3v) is 6.61. The number of hydrogen-bond acceptors (Lipinski definition) is 5. The van der Waals surface area contributed by atoms with E-state index in [1.54, 1.807) is 0 Å². The lowest BCUT2D eigenvalue weighted by molar-refractivity contribution is 0.260. The quantitative estimate of drug-likeness (QED) is 0.476. The van der Waals surface area contributed by atoms with Gasteiger partial charge in [-0.15, -0.1) is 0 Å². The number of phenolic OH excluding ortho intramolecular Hbond substituents is 1. The molecule has 5 heteroatoms. The van der Waals surface area contributed by atoms with Gasteiger partial charge in [0.05, 0.1) is 17.2 Å². The summed E-state index contributed by atoms with van der Waals surface area (Å²) in [6.07, 6.45) is 2.99. The molecule has 1 aliphatic rings. The summed E-state index contributed by atoms with van der Waals surface area (Å²) in [7, 11) is 0. The molecule has 2 heterocycles. The van der Waals surface area contributed by atoms with Gasteiger partial charge in [-0.2, -0.15) is 0 Å². The Morgan fingerprint density at radius 1 is 0.818 bits per heavy atom. The Labute approximate surface area is 195 Å². The van der Waals surface area contributed by atoms with Crippen molar-refractivity contribution in [1.82, 2.24) is 14.9 Å². The van der Waals surface area contributed by atoms with Crippen LogP contribution < -0.4 is 4.90 Å². The topological polar surface area (TPSA) is 52.5 Å². The van der Waals surface area contributed by atoms with Crippen molar-refractivity contribution in [2.45, 2.75) is 20.3 Å². The fraction of sp³-hybridized carbons (Fsp3) is 0.286. The molecule has 0 saturated carbocycles. The van der Waals surface area contributed by atoms with Crippen molar-refractivity contribution in [3.8, 4) is 16.9 Å². The van der Waals surface area contributed by atoms with E-state index in [9.17, 15) is 5.11 Å². The van der Waals surface area contributed by atoms with Crippen LogP contribution in [-0.2, 0) is 6.42 Å². The zero-order valence-corrected chi connectivity index (χ0v) is 19.3. The van der Waals surface area contributed by atoms with Gasteiger partial charge in [-0.25, -0.2) is 4.98 Å². The summed E-state index contributed by atoms with van der Waals surface area (Å²) in [5.74, 6) is 1.31. The molecule has 5 rings (SSSR count). The van der Waals surface area contributed by atoms with Crippen LogP contribution in [0.25, 0.3) is 22.2 Å². The van der Waals surface area contributed by atoms with E-state index in [0.29, 0.717) is 5.75 Å². The van der Waals surface area contributed by atoms with Gasteiger partial charge in [-0.05, 0) is 72.4 Å². The van der Waals surface area contributed by atoms with Crippen LogP contribution in [-0.4, -0.2) is 52.7 Å². The normalized spacial score (nSPS) is 14.7. The first kappa shape index (κ1) is 21.4. The van der Waals surface area contributed by atoms with Gasteiger partial charge in [0.15, 0.2) is 0 Å². The third kappa shape index (κ3) is 4.69. The number of hydrogen-bond donors (Lipinski definition) is 1. The van der Waals surface area contributed by atoms with Crippen LogP contribution in [0, 0.1) is 13.8 Å². The fourth-order valence-corrected chi connectivity index (χ4v) is 4.59. The predicted octanol–water partition coefficient (Wildman–Crippen LogP) is 4.98. The average molecular weight is 439 g/mol. The maximum atomic E-state index is 10.1. The molecule has 1 fully saturated rings. The summed E-state index contributed by atoms with van der Waals surface area (Å²) in [5, 5.41) is 10.1. The molecule has 0 spiro atoms. The number of rotatable bonds is 5. The molecular weight excluding hydrogens is 408 g/mol. The van der Waals surface area contributed by atoms with Gasteiger partial charge in [0.25, 0.3) is 0 Å². The zero-order chi connectivity index (χ0) is 22.8. The molecule has 5 nitrogen and oxygen atoms in total. The largest absolute Gasteiger partial charge is 0.507 e. The van der Waals surface area contributed by atoms with Gasteiger partial charge in [0.2, 0.25) is 0 Å². The molecule has 1 saturated heterocycles. The monoisotopic (exact) mass is 438 g/mol. The highest BCUT2D eigenvalue weighted by Gasteiger charge is 2.18. The molecule has 168 valence electrons. The second-order valence-corrected chi connectivity index (χ2v) is 8.95. The number of piperazine rings is 1. The maximum absolute atomic E-state index is 10.1. The summed E-state index contributed by atoms with van der Waals surface area (Å²) in [5.41, 5.74) is 7.14. The standard InChI is InChI=1S/C28H30N4O/c1-20-16-24(17-21(2)28(20)33)23-8-9-25-26(18-23)30-27(19-29-25)32-14-12-31(13-15-32)11-10-22-6-4-3-5-7-22/h3-9,16-19,33H,10-15H2,1-2H3. The lowest BCUT2D eigenvalue weighted by Gasteiger charge is -2.35. The molecule has 0 amide bonds. The number of phenols is 1. The second-order valence-electron chi connectivity index (χ2n) is 8.95. The number of aromatic hydroxyl groups is 1. The number of aryl methyl sites for hydroxylation is 2. The van der Waals surface area contributed by atoms with Gasteiger partial charge in [0, 0.05) is 32.7 Å². The zero-order valence-electron chi connectivity index (χ0n) is 19.3. The van der Waals surface area contributed by atoms with Crippen LogP contribution >= 0.6 is 0 Å². The van der Waals surface area contributed by atoms with E-state index >= 15 is 0 Å². The average Bonchev–Trinajstić information content (AvgIpc) is 2.86. The van der Waals surface area contributed by atoms with E-state index in [1.165, 1.54) is 5.56 Å². The Balaban J connectivity index is 1.29. The van der Waals surface area contributed by atoms with E-state index < -0.39 is 0 Å². The minimum absolute atomic E-state index is 0.365. The van der Waals surface area contributed by atoms with Gasteiger partial charge in [-0.1, -0.05) is 36.4 Å². The molecule has 0 atom stereocenters. The second kappa shape index (κ2) is 9.20. The van der Waals surface area contributed by atoms with E-state index in [2.05, 4.69) is 57.2 Å². The van der Waals surface area contributed by atoms with Crippen molar-refractivity contribution in [3.63, 3.8) is 0 Å². The number of aromatic nitrogens is 2. The van der Waals surface area contributed by atoms with Crippen LogP contribution in [0.5, 0.6) is 5.75 Å². The summed E-state index contributed by atoms with van der Waals surface area (Å²) in [4.78, 5) is 14.5. The molecule has 3 aromatic carbocycles. The highest BCUT2D eigenvalue weighted by molar-refractivity contribution is 5.82. The minimum Gasteiger partial charge on any atom is -0.507 e. The van der Waals surface area contributed by atoms with Crippen molar-refractivity contribution in [2.24, 2.45) is 0 Å². The summed E-state index contributed by atoms with van der Waals surface area (Å²) >= 11 is 0. The smallest absolute Gasteiger partial charge is 0.147 e. The SMILES string of the molecule is Cc1cc(-c2ccc3ncc(N4CCN(CCc5ccccc5)CC4)nc3c2)cc(C)c1O. The number of benzene rings is 3. The highest BCUT2D eigenvalue weighted by atomic mass is 16.3. The molecule has 1 aliphatic heterocycles. The molecule has 0 radical (unpaired) electrons. The van der Waals surface area contributed by atoms with Gasteiger partial charge in [0.1, 0.15) is 11.6 Å². The third-order valence-electron chi connectivity index (χ3n) is 6.61. The van der Waals surface area contributed by atoms with Gasteiger partial charge >= 0.3 is 0 Å². The van der Waals surface area contributed by atoms with Gasteiger partial charge < -0.3 is 10.0 Å². The highest BCUT2D eigenvalue weighted by Crippen LogP contribution is 2.30. The van der Waals surface area contributed by atoms with Crippen molar-refractivity contribution in [3.05, 3.63) is 83.6 Å². The minimum atomic E-state index is 0.365. The Morgan fingerprint density at radius 3 is 2.27 bits per heavy atom. The summed E-state index contributed by atoms with van der Waals surface area (Å²) in [6.45, 7) is 8.97. The van der Waals surface area contributed by atoms with Crippen LogP contribution in [0.1, 0.15) is 16.7 Å². The predicted molar refractivity (Wildman–Crippen MR) is 135 cm³/mol. The molecular formula is C28H30N4O. The molecule has 33 heavy (non-hydrogen) atoms. The first-order chi connectivity index (χ1) is 16.1. The molecule has 1 aromatic heterocycles. The lowest BCUT2D eigenvalue weighted by Crippen LogP contribution is -2.47. The van der Waals surface area contributed by atoms with Crippen molar-refractivity contribution >= 4 is 16.9 Å². The Morgan fingerprint density at radius 2 is 1.55 bits per heavy atom. The number of anilines is 1. The summed E-state index contributed by atoms with van der Waals surface area (Å²) in [6, 6.07) is 21.0. The number of nitrogens with zero attached hydrogens (tertiary/aromatic N) is 4. The Bertz CT molecular complexity index is 1240. The van der Waals surface area contributed by atoms with Crippen molar-refractivity contribution in [2.75, 3.05) is 37.6 Å². The van der Waals surface area contributed by atoms with Crippen LogP contribution in [0.15, 0.2) is 66.9 Å². The maximum Gasteiger partial charge on any atom is 0.147 e. The van der Waals surface area contributed by atoms with E-state index in [0.717, 1.165) is 78.2 Å². The first-order valence-electron chi connectivity index (χ1n) is 11.7. The summed E-state index contributed by atoms with van der Waals surface area (Å²) < 4.78 is 0.